The number of amides is 1. The van der Waals surface area contributed by atoms with E-state index < -0.39 is 4.92 Å². The van der Waals surface area contributed by atoms with Gasteiger partial charge in [-0.3, -0.25) is 20.2 Å². The number of rotatable bonds is 7. The van der Waals surface area contributed by atoms with Crippen LogP contribution in [-0.4, -0.2) is 32.4 Å². The smallest absolute Gasteiger partial charge is 0.269 e. The van der Waals surface area contributed by atoms with E-state index in [1.807, 2.05) is 36.4 Å². The summed E-state index contributed by atoms with van der Waals surface area (Å²) in [5.74, 6) is 0.977. The lowest BCUT2D eigenvalue weighted by Gasteiger charge is -2.06. The lowest BCUT2D eigenvalue weighted by Crippen LogP contribution is -2.20. The predicted octanol–water partition coefficient (Wildman–Crippen LogP) is 5.28. The van der Waals surface area contributed by atoms with Gasteiger partial charge in [-0.1, -0.05) is 12.1 Å². The van der Waals surface area contributed by atoms with E-state index in [9.17, 15) is 14.9 Å². The number of carbonyl (C=O) groups is 1. The molecule has 0 bridgehead atoms. The zero-order valence-electron chi connectivity index (χ0n) is 17.6. The number of imidazole rings is 1. The number of hydrogen-bond acceptors (Lipinski definition) is 7. The summed E-state index contributed by atoms with van der Waals surface area (Å²) in [6.07, 6.45) is 0. The number of para-hydroxylation sites is 2. The average Bonchev–Trinajstić information content (AvgIpc) is 3.50. The van der Waals surface area contributed by atoms with Crippen LogP contribution in [0, 0.1) is 10.1 Å². The van der Waals surface area contributed by atoms with Gasteiger partial charge in [0.1, 0.15) is 11.6 Å². The van der Waals surface area contributed by atoms with Crippen LogP contribution in [0.2, 0.25) is 0 Å². The van der Waals surface area contributed by atoms with Gasteiger partial charge in [0.25, 0.3) is 11.6 Å². The van der Waals surface area contributed by atoms with Crippen molar-refractivity contribution >= 4 is 39.1 Å². The highest BCUT2D eigenvalue weighted by atomic mass is 32.1. The third kappa shape index (κ3) is 4.62. The molecule has 0 radical (unpaired) electrons. The van der Waals surface area contributed by atoms with Crippen LogP contribution in [0.1, 0.15) is 0 Å². The van der Waals surface area contributed by atoms with Gasteiger partial charge in [-0.25, -0.2) is 9.97 Å². The topological polar surface area (TPSA) is 123 Å². The number of carbonyl (C=O) groups excluding carboxylic acids is 1. The van der Waals surface area contributed by atoms with Crippen molar-refractivity contribution in [2.75, 3.05) is 11.9 Å². The van der Waals surface area contributed by atoms with Gasteiger partial charge in [0, 0.05) is 28.6 Å². The van der Waals surface area contributed by atoms with Gasteiger partial charge in [-0.05, 0) is 48.5 Å². The van der Waals surface area contributed by atoms with Gasteiger partial charge >= 0.3 is 0 Å². The molecule has 5 aromatic rings. The van der Waals surface area contributed by atoms with E-state index in [0.29, 0.717) is 16.6 Å². The fourth-order valence-corrected chi connectivity index (χ4v) is 4.06. The number of nitro benzene ring substituents is 1. The van der Waals surface area contributed by atoms with Crippen LogP contribution in [0.15, 0.2) is 78.2 Å². The molecule has 0 atom stereocenters. The first-order chi connectivity index (χ1) is 16.5. The van der Waals surface area contributed by atoms with Crippen LogP contribution in [0.3, 0.4) is 0 Å². The van der Waals surface area contributed by atoms with Crippen LogP contribution >= 0.6 is 11.3 Å². The maximum atomic E-state index is 12.3. The van der Waals surface area contributed by atoms with Crippen molar-refractivity contribution in [3.63, 3.8) is 0 Å². The summed E-state index contributed by atoms with van der Waals surface area (Å²) in [7, 11) is 0. The Labute approximate surface area is 197 Å². The molecule has 168 valence electrons. The van der Waals surface area contributed by atoms with Crippen molar-refractivity contribution in [1.29, 1.82) is 0 Å². The fraction of sp³-hybridized carbons (Fsp3) is 0.0417. The molecule has 2 N–H and O–H groups in total. The van der Waals surface area contributed by atoms with E-state index in [2.05, 4.69) is 20.3 Å². The minimum Gasteiger partial charge on any atom is -0.484 e. The second kappa shape index (κ2) is 9.12. The quantitative estimate of drug-likeness (QED) is 0.246. The Hall–Kier alpha value is -4.57. The third-order valence-corrected chi connectivity index (χ3v) is 5.77. The molecule has 0 spiro atoms. The molecule has 2 aromatic heterocycles. The van der Waals surface area contributed by atoms with Crippen molar-refractivity contribution in [2.24, 2.45) is 0 Å². The number of aromatic nitrogens is 3. The minimum atomic E-state index is -0.455. The molecule has 0 saturated heterocycles. The highest BCUT2D eigenvalue weighted by molar-refractivity contribution is 7.14. The predicted molar refractivity (Wildman–Crippen MR) is 130 cm³/mol. The van der Waals surface area contributed by atoms with Crippen LogP contribution in [-0.2, 0) is 4.79 Å². The molecule has 0 aliphatic rings. The largest absolute Gasteiger partial charge is 0.484 e. The van der Waals surface area contributed by atoms with Crippen LogP contribution in [0.5, 0.6) is 5.75 Å². The number of anilines is 1. The molecule has 5 rings (SSSR count). The minimum absolute atomic E-state index is 0.00951. The van der Waals surface area contributed by atoms with Crippen molar-refractivity contribution < 1.29 is 14.5 Å². The summed E-state index contributed by atoms with van der Waals surface area (Å²) in [5, 5.41) is 15.7. The van der Waals surface area contributed by atoms with Crippen LogP contribution in [0.25, 0.3) is 33.7 Å². The lowest BCUT2D eigenvalue weighted by atomic mass is 10.1. The van der Waals surface area contributed by atoms with Gasteiger partial charge in [0.05, 0.1) is 21.7 Å². The van der Waals surface area contributed by atoms with E-state index in [0.717, 1.165) is 28.0 Å². The SMILES string of the molecule is O=C(COc1ccc(-c2nc3ccccc3[nH]2)cc1)Nc1nc(-c2ccc([N+](=O)[O-])cc2)cs1. The molecule has 0 fully saturated rings. The number of aromatic amines is 1. The third-order valence-electron chi connectivity index (χ3n) is 5.01. The second-order valence-electron chi connectivity index (χ2n) is 7.31. The Morgan fingerprint density at radius 1 is 1.00 bits per heavy atom. The first-order valence-corrected chi connectivity index (χ1v) is 11.1. The lowest BCUT2D eigenvalue weighted by molar-refractivity contribution is -0.384. The monoisotopic (exact) mass is 471 g/mol. The first kappa shape index (κ1) is 21.3. The molecular formula is C24H17N5O4S. The van der Waals surface area contributed by atoms with E-state index >= 15 is 0 Å². The first-order valence-electron chi connectivity index (χ1n) is 10.2. The Balaban J connectivity index is 1.17. The molecule has 0 unspecified atom stereocenters. The Morgan fingerprint density at radius 3 is 2.47 bits per heavy atom. The molecule has 10 heteroatoms. The van der Waals surface area contributed by atoms with Crippen LogP contribution < -0.4 is 10.1 Å². The van der Waals surface area contributed by atoms with E-state index in [1.165, 1.54) is 23.5 Å². The summed E-state index contributed by atoms with van der Waals surface area (Å²) in [6.45, 7) is -0.170. The van der Waals surface area contributed by atoms with Crippen molar-refractivity contribution in [3.8, 4) is 28.4 Å². The van der Waals surface area contributed by atoms with Gasteiger partial charge in [0.15, 0.2) is 11.7 Å². The number of nitro groups is 1. The molecule has 2 heterocycles. The van der Waals surface area contributed by atoms with Crippen LogP contribution in [0.4, 0.5) is 10.8 Å². The zero-order chi connectivity index (χ0) is 23.5. The summed E-state index contributed by atoms with van der Waals surface area (Å²) in [5.41, 5.74) is 4.13. The Kier molecular flexibility index (Phi) is 5.71. The average molecular weight is 471 g/mol. The van der Waals surface area contributed by atoms with Gasteiger partial charge < -0.3 is 9.72 Å². The molecule has 1 amide bonds. The number of thiazole rings is 1. The van der Waals surface area contributed by atoms with E-state index in [4.69, 9.17) is 4.74 Å². The highest BCUT2D eigenvalue weighted by Gasteiger charge is 2.11. The number of nitrogens with one attached hydrogen (secondary N) is 2. The molecule has 0 aliphatic heterocycles. The standard InChI is InChI=1S/C24H17N5O4S/c30-22(28-24-27-21(14-34-24)15-5-9-17(10-6-15)29(31)32)13-33-18-11-7-16(8-12-18)23-25-19-3-1-2-4-20(19)26-23/h1-12,14H,13H2,(H,25,26)(H,27,28,30). The number of fused-ring (bicyclic) bond motifs is 1. The van der Waals surface area contributed by atoms with Crippen molar-refractivity contribution in [1.82, 2.24) is 15.0 Å². The summed E-state index contributed by atoms with van der Waals surface area (Å²) >= 11 is 1.26. The number of non-ortho nitro benzene ring substituents is 1. The molecule has 34 heavy (non-hydrogen) atoms. The second-order valence-corrected chi connectivity index (χ2v) is 8.16. The van der Waals surface area contributed by atoms with Gasteiger partial charge in [0.2, 0.25) is 0 Å². The number of H-pyrrole nitrogens is 1. The fourth-order valence-electron chi connectivity index (χ4n) is 3.32. The van der Waals surface area contributed by atoms with E-state index in [-0.39, 0.29) is 18.2 Å². The summed E-state index contributed by atoms with van der Waals surface area (Å²) in [4.78, 5) is 34.8. The summed E-state index contributed by atoms with van der Waals surface area (Å²) in [6, 6.07) is 21.2. The maximum absolute atomic E-state index is 12.3. The van der Waals surface area contributed by atoms with Crippen molar-refractivity contribution in [2.45, 2.75) is 0 Å². The molecule has 0 aliphatic carbocycles. The number of benzene rings is 3. The number of nitrogens with zero attached hydrogens (tertiary/aromatic N) is 3. The molecule has 9 nitrogen and oxygen atoms in total. The number of hydrogen-bond donors (Lipinski definition) is 2. The normalized spacial score (nSPS) is 10.8. The Morgan fingerprint density at radius 2 is 1.74 bits per heavy atom. The summed E-state index contributed by atoms with van der Waals surface area (Å²) < 4.78 is 5.59. The molecular weight excluding hydrogens is 454 g/mol. The number of ether oxygens (including phenoxy) is 1. The molecule has 0 saturated carbocycles. The maximum Gasteiger partial charge on any atom is 0.269 e. The van der Waals surface area contributed by atoms with Gasteiger partial charge in [-0.2, -0.15) is 0 Å². The Bertz CT molecular complexity index is 1440. The highest BCUT2D eigenvalue weighted by Crippen LogP contribution is 2.27. The van der Waals surface area contributed by atoms with Crippen molar-refractivity contribution in [3.05, 3.63) is 88.3 Å². The molecule has 3 aromatic carbocycles. The van der Waals surface area contributed by atoms with E-state index in [1.54, 1.807) is 29.6 Å². The zero-order valence-corrected chi connectivity index (χ0v) is 18.4. The van der Waals surface area contributed by atoms with Gasteiger partial charge in [-0.15, -0.1) is 11.3 Å².